The Morgan fingerprint density at radius 3 is 2.00 bits per heavy atom. The van der Waals surface area contributed by atoms with Crippen molar-refractivity contribution in [2.24, 2.45) is 16.7 Å². The molecule has 0 aliphatic heterocycles. The highest BCUT2D eigenvalue weighted by Gasteiger charge is 2.49. The quantitative estimate of drug-likeness (QED) is 0.717. The van der Waals surface area contributed by atoms with Crippen LogP contribution in [-0.2, 0) is 4.74 Å². The van der Waals surface area contributed by atoms with E-state index in [-0.39, 0.29) is 16.7 Å². The molecule has 0 saturated carbocycles. The number of hydrogen-bond acceptors (Lipinski definition) is 2. The van der Waals surface area contributed by atoms with Gasteiger partial charge in [-0.05, 0) is 23.3 Å². The van der Waals surface area contributed by atoms with Gasteiger partial charge >= 0.3 is 0 Å². The highest BCUT2D eigenvalue weighted by atomic mass is 16.6. The molecule has 0 fully saturated rings. The Morgan fingerprint density at radius 1 is 1.17 bits per heavy atom. The third-order valence-electron chi connectivity index (χ3n) is 3.66. The smallest absolute Gasteiger partial charge is 0.195 e. The Bertz CT molecular complexity index is 377. The number of methoxy groups -OCH3 is 1. The average molecular weight is 252 g/mol. The fourth-order valence-electron chi connectivity index (χ4n) is 2.75. The fraction of sp³-hybridized carbons (Fsp3) is 0.750. The monoisotopic (exact) mass is 252 g/mol. The van der Waals surface area contributed by atoms with Crippen molar-refractivity contribution in [3.05, 3.63) is 23.3 Å². The molecule has 1 rings (SSSR count). The predicted octanol–water partition coefficient (Wildman–Crippen LogP) is 3.92. The molecule has 0 amide bonds. The average Bonchev–Trinajstić information content (AvgIpc) is 2.18. The SMILES string of the molecule is COC1(O)C(C(C)(C)C)=CC(C)=CC1C(C)(C)C. The Labute approximate surface area is 112 Å². The van der Waals surface area contributed by atoms with Crippen molar-refractivity contribution in [1.82, 2.24) is 0 Å². The van der Waals surface area contributed by atoms with Crippen molar-refractivity contribution in [2.75, 3.05) is 7.11 Å². The molecular formula is C16H28O2. The van der Waals surface area contributed by atoms with E-state index < -0.39 is 5.79 Å². The lowest BCUT2D eigenvalue weighted by Gasteiger charge is -2.48. The lowest BCUT2D eigenvalue weighted by Crippen LogP contribution is -2.51. The molecule has 104 valence electrons. The molecule has 1 aliphatic rings. The Morgan fingerprint density at radius 2 is 1.67 bits per heavy atom. The number of aliphatic hydroxyl groups is 1. The number of hydrogen-bond donors (Lipinski definition) is 1. The van der Waals surface area contributed by atoms with Crippen molar-refractivity contribution in [1.29, 1.82) is 0 Å². The van der Waals surface area contributed by atoms with Crippen LogP contribution >= 0.6 is 0 Å². The second-order valence-corrected chi connectivity index (χ2v) is 7.46. The Kier molecular flexibility index (Phi) is 3.86. The molecule has 0 saturated heterocycles. The zero-order valence-electron chi connectivity index (χ0n) is 13.1. The van der Waals surface area contributed by atoms with Crippen LogP contribution in [0.4, 0.5) is 0 Å². The van der Waals surface area contributed by atoms with Gasteiger partial charge < -0.3 is 9.84 Å². The summed E-state index contributed by atoms with van der Waals surface area (Å²) in [6.45, 7) is 14.8. The molecule has 0 aromatic carbocycles. The molecule has 18 heavy (non-hydrogen) atoms. The fourth-order valence-corrected chi connectivity index (χ4v) is 2.75. The Hall–Kier alpha value is -0.600. The summed E-state index contributed by atoms with van der Waals surface area (Å²) in [6.07, 6.45) is 4.18. The molecule has 1 N–H and O–H groups in total. The molecule has 0 aromatic heterocycles. The maximum absolute atomic E-state index is 11.1. The summed E-state index contributed by atoms with van der Waals surface area (Å²) in [6, 6.07) is 0. The molecule has 0 spiro atoms. The topological polar surface area (TPSA) is 29.5 Å². The largest absolute Gasteiger partial charge is 0.362 e. The van der Waals surface area contributed by atoms with Crippen LogP contribution in [0, 0.1) is 16.7 Å². The lowest BCUT2D eigenvalue weighted by molar-refractivity contribution is -0.209. The molecule has 0 heterocycles. The third-order valence-corrected chi connectivity index (χ3v) is 3.66. The number of allylic oxidation sites excluding steroid dienone is 2. The number of rotatable bonds is 1. The van der Waals surface area contributed by atoms with Crippen LogP contribution in [0.1, 0.15) is 48.5 Å². The van der Waals surface area contributed by atoms with Crippen LogP contribution in [0.2, 0.25) is 0 Å². The van der Waals surface area contributed by atoms with Crippen LogP contribution in [0.15, 0.2) is 23.3 Å². The summed E-state index contributed by atoms with van der Waals surface area (Å²) in [7, 11) is 1.59. The van der Waals surface area contributed by atoms with Crippen molar-refractivity contribution in [3.63, 3.8) is 0 Å². The van der Waals surface area contributed by atoms with E-state index in [0.29, 0.717) is 0 Å². The standard InChI is InChI=1S/C16H28O2/c1-11-9-12(14(2,3)4)16(17,18-8)13(10-11)15(5,6)7/h9-10,12,17H,1-8H3. The zero-order chi connectivity index (χ0) is 14.4. The highest BCUT2D eigenvalue weighted by molar-refractivity contribution is 5.37. The van der Waals surface area contributed by atoms with E-state index in [1.165, 1.54) is 5.57 Å². The summed E-state index contributed by atoms with van der Waals surface area (Å²) in [5.41, 5.74) is 1.97. The van der Waals surface area contributed by atoms with E-state index in [1.807, 2.05) is 0 Å². The van der Waals surface area contributed by atoms with E-state index in [4.69, 9.17) is 4.74 Å². The third kappa shape index (κ3) is 2.70. The molecular weight excluding hydrogens is 224 g/mol. The van der Waals surface area contributed by atoms with Gasteiger partial charge in [-0.1, -0.05) is 59.3 Å². The van der Waals surface area contributed by atoms with Crippen molar-refractivity contribution >= 4 is 0 Å². The lowest BCUT2D eigenvalue weighted by atomic mass is 9.65. The second-order valence-electron chi connectivity index (χ2n) is 7.46. The van der Waals surface area contributed by atoms with E-state index in [0.717, 1.165) is 5.57 Å². The van der Waals surface area contributed by atoms with E-state index in [9.17, 15) is 5.11 Å². The summed E-state index contributed by atoms with van der Waals surface area (Å²) < 4.78 is 5.55. The van der Waals surface area contributed by atoms with Gasteiger partial charge in [0, 0.05) is 13.0 Å². The minimum atomic E-state index is -1.21. The van der Waals surface area contributed by atoms with Gasteiger partial charge in [0.2, 0.25) is 0 Å². The van der Waals surface area contributed by atoms with Gasteiger partial charge in [0.25, 0.3) is 0 Å². The van der Waals surface area contributed by atoms with Gasteiger partial charge in [0.1, 0.15) is 0 Å². The molecule has 0 aromatic rings. The van der Waals surface area contributed by atoms with E-state index in [2.05, 4.69) is 60.6 Å². The normalized spacial score (nSPS) is 29.9. The van der Waals surface area contributed by atoms with Gasteiger partial charge in [0.05, 0.1) is 0 Å². The molecule has 2 unspecified atom stereocenters. The van der Waals surface area contributed by atoms with E-state index >= 15 is 0 Å². The predicted molar refractivity (Wildman–Crippen MR) is 76.2 cm³/mol. The van der Waals surface area contributed by atoms with Crippen molar-refractivity contribution in [2.45, 2.75) is 54.3 Å². The van der Waals surface area contributed by atoms with Crippen molar-refractivity contribution in [3.8, 4) is 0 Å². The van der Waals surface area contributed by atoms with Gasteiger partial charge in [-0.15, -0.1) is 0 Å². The van der Waals surface area contributed by atoms with Gasteiger partial charge in [0.15, 0.2) is 5.79 Å². The highest BCUT2D eigenvalue weighted by Crippen LogP contribution is 2.48. The molecule has 1 aliphatic carbocycles. The van der Waals surface area contributed by atoms with Crippen LogP contribution < -0.4 is 0 Å². The minimum Gasteiger partial charge on any atom is -0.362 e. The number of ether oxygens (including phenoxy) is 1. The van der Waals surface area contributed by atoms with Gasteiger partial charge in [-0.3, -0.25) is 0 Å². The minimum absolute atomic E-state index is 0.0470. The first-order valence-corrected chi connectivity index (χ1v) is 6.61. The Balaban J connectivity index is 3.40. The molecule has 0 bridgehead atoms. The van der Waals surface area contributed by atoms with Crippen LogP contribution in [0.25, 0.3) is 0 Å². The van der Waals surface area contributed by atoms with Gasteiger partial charge in [-0.2, -0.15) is 0 Å². The second kappa shape index (κ2) is 4.50. The summed E-state index contributed by atoms with van der Waals surface area (Å²) in [5, 5.41) is 11.1. The van der Waals surface area contributed by atoms with E-state index in [1.54, 1.807) is 7.11 Å². The molecule has 2 heteroatoms. The van der Waals surface area contributed by atoms with Crippen LogP contribution in [0.3, 0.4) is 0 Å². The maximum atomic E-state index is 11.1. The molecule has 2 atom stereocenters. The first-order chi connectivity index (χ1) is 7.93. The van der Waals surface area contributed by atoms with Gasteiger partial charge in [-0.25, -0.2) is 0 Å². The maximum Gasteiger partial charge on any atom is 0.195 e. The van der Waals surface area contributed by atoms with Crippen LogP contribution in [0.5, 0.6) is 0 Å². The zero-order valence-corrected chi connectivity index (χ0v) is 13.1. The molecule has 2 nitrogen and oxygen atoms in total. The first kappa shape index (κ1) is 15.5. The molecule has 0 radical (unpaired) electrons. The summed E-state index contributed by atoms with van der Waals surface area (Å²) in [4.78, 5) is 0. The summed E-state index contributed by atoms with van der Waals surface area (Å²) >= 11 is 0. The van der Waals surface area contributed by atoms with Crippen molar-refractivity contribution < 1.29 is 9.84 Å². The summed E-state index contributed by atoms with van der Waals surface area (Å²) in [5.74, 6) is -1.26. The van der Waals surface area contributed by atoms with Crippen LogP contribution in [-0.4, -0.2) is 18.0 Å². The first-order valence-electron chi connectivity index (χ1n) is 6.61.